The lowest BCUT2D eigenvalue weighted by molar-refractivity contribution is 0.100. The first-order valence-corrected chi connectivity index (χ1v) is 5.69. The molecule has 0 saturated carbocycles. The summed E-state index contributed by atoms with van der Waals surface area (Å²) in [7, 11) is 0. The van der Waals surface area contributed by atoms with Crippen LogP contribution in [-0.2, 0) is 6.61 Å². The van der Waals surface area contributed by atoms with Crippen molar-refractivity contribution in [1.82, 2.24) is 4.98 Å². The minimum absolute atomic E-state index is 0.408. The van der Waals surface area contributed by atoms with Gasteiger partial charge in [-0.1, -0.05) is 11.3 Å². The third-order valence-corrected chi connectivity index (χ3v) is 2.89. The molecular weight excluding hydrogens is 238 g/mol. The van der Waals surface area contributed by atoms with E-state index < -0.39 is 5.91 Å². The fourth-order valence-corrected chi connectivity index (χ4v) is 1.86. The SMILES string of the molecule is NC(=O)c1ccc(OCc2cnc(N)s2)cc1. The highest BCUT2D eigenvalue weighted by Gasteiger charge is 2.02. The summed E-state index contributed by atoms with van der Waals surface area (Å²) in [6.07, 6.45) is 1.68. The van der Waals surface area contributed by atoms with E-state index in [-0.39, 0.29) is 0 Å². The zero-order valence-corrected chi connectivity index (χ0v) is 9.74. The molecule has 0 fully saturated rings. The van der Waals surface area contributed by atoms with Crippen LogP contribution in [0.15, 0.2) is 30.5 Å². The lowest BCUT2D eigenvalue weighted by Crippen LogP contribution is -2.10. The van der Waals surface area contributed by atoms with Gasteiger partial charge in [0.25, 0.3) is 0 Å². The lowest BCUT2D eigenvalue weighted by atomic mass is 10.2. The molecule has 5 nitrogen and oxygen atoms in total. The Balaban J connectivity index is 1.97. The summed E-state index contributed by atoms with van der Waals surface area (Å²) < 4.78 is 5.50. The van der Waals surface area contributed by atoms with E-state index in [1.165, 1.54) is 11.3 Å². The van der Waals surface area contributed by atoms with E-state index in [0.29, 0.717) is 23.1 Å². The van der Waals surface area contributed by atoms with Gasteiger partial charge in [0.05, 0.1) is 4.88 Å². The number of ether oxygens (including phenoxy) is 1. The molecule has 1 amide bonds. The van der Waals surface area contributed by atoms with Crippen LogP contribution in [0.2, 0.25) is 0 Å². The molecule has 1 heterocycles. The Bertz CT molecular complexity index is 522. The average molecular weight is 249 g/mol. The van der Waals surface area contributed by atoms with Gasteiger partial charge in [-0.2, -0.15) is 0 Å². The van der Waals surface area contributed by atoms with Gasteiger partial charge in [0.2, 0.25) is 5.91 Å². The first-order chi connectivity index (χ1) is 8.15. The standard InChI is InChI=1S/C11H11N3O2S/c12-10(15)7-1-3-8(4-2-7)16-6-9-5-14-11(13)17-9/h1-5H,6H2,(H2,12,15)(H2,13,14). The number of amides is 1. The topological polar surface area (TPSA) is 91.2 Å². The molecule has 0 bridgehead atoms. The van der Waals surface area contributed by atoms with Gasteiger partial charge in [-0.3, -0.25) is 4.79 Å². The molecule has 0 saturated heterocycles. The third kappa shape index (κ3) is 2.94. The van der Waals surface area contributed by atoms with Crippen molar-refractivity contribution in [2.24, 2.45) is 5.73 Å². The Kier molecular flexibility index (Phi) is 3.24. The summed E-state index contributed by atoms with van der Waals surface area (Å²) in [4.78, 5) is 15.7. The summed E-state index contributed by atoms with van der Waals surface area (Å²) in [5.41, 5.74) is 11.1. The molecule has 1 aromatic heterocycles. The van der Waals surface area contributed by atoms with Crippen LogP contribution in [0.4, 0.5) is 5.13 Å². The number of aromatic nitrogens is 1. The van der Waals surface area contributed by atoms with Crippen LogP contribution in [0, 0.1) is 0 Å². The Morgan fingerprint density at radius 1 is 1.35 bits per heavy atom. The number of primary amides is 1. The minimum Gasteiger partial charge on any atom is -0.488 e. The number of hydrogen-bond acceptors (Lipinski definition) is 5. The molecule has 0 radical (unpaired) electrons. The Morgan fingerprint density at radius 3 is 2.59 bits per heavy atom. The zero-order valence-electron chi connectivity index (χ0n) is 8.92. The smallest absolute Gasteiger partial charge is 0.248 e. The number of carbonyl (C=O) groups is 1. The molecule has 0 atom stereocenters. The van der Waals surface area contributed by atoms with Crippen molar-refractivity contribution in [1.29, 1.82) is 0 Å². The number of rotatable bonds is 4. The van der Waals surface area contributed by atoms with Crippen LogP contribution in [0.3, 0.4) is 0 Å². The number of nitrogen functional groups attached to an aromatic ring is 1. The first kappa shape index (κ1) is 11.4. The summed E-state index contributed by atoms with van der Waals surface area (Å²) in [5.74, 6) is 0.216. The van der Waals surface area contributed by atoms with Gasteiger partial charge < -0.3 is 16.2 Å². The maximum atomic E-state index is 10.9. The van der Waals surface area contributed by atoms with Crippen molar-refractivity contribution in [3.63, 3.8) is 0 Å². The van der Waals surface area contributed by atoms with Crippen molar-refractivity contribution >= 4 is 22.4 Å². The molecule has 88 valence electrons. The molecule has 0 aliphatic carbocycles. The van der Waals surface area contributed by atoms with Crippen LogP contribution in [0.1, 0.15) is 15.2 Å². The number of benzene rings is 1. The number of nitrogens with zero attached hydrogens (tertiary/aromatic N) is 1. The number of anilines is 1. The normalized spacial score (nSPS) is 10.1. The molecule has 0 unspecified atom stereocenters. The molecular formula is C11H11N3O2S. The minimum atomic E-state index is -0.452. The van der Waals surface area contributed by atoms with Crippen molar-refractivity contribution in [2.45, 2.75) is 6.61 Å². The maximum Gasteiger partial charge on any atom is 0.248 e. The highest BCUT2D eigenvalue weighted by Crippen LogP contribution is 2.18. The van der Waals surface area contributed by atoms with E-state index in [4.69, 9.17) is 16.2 Å². The van der Waals surface area contributed by atoms with E-state index >= 15 is 0 Å². The highest BCUT2D eigenvalue weighted by molar-refractivity contribution is 7.15. The van der Waals surface area contributed by atoms with Gasteiger partial charge >= 0.3 is 0 Å². The zero-order chi connectivity index (χ0) is 12.3. The van der Waals surface area contributed by atoms with Crippen molar-refractivity contribution in [3.8, 4) is 5.75 Å². The lowest BCUT2D eigenvalue weighted by Gasteiger charge is -2.04. The highest BCUT2D eigenvalue weighted by atomic mass is 32.1. The summed E-state index contributed by atoms with van der Waals surface area (Å²) in [6, 6.07) is 6.65. The van der Waals surface area contributed by atoms with E-state index in [0.717, 1.165) is 4.88 Å². The van der Waals surface area contributed by atoms with E-state index in [1.807, 2.05) is 0 Å². The van der Waals surface area contributed by atoms with Crippen LogP contribution in [0.5, 0.6) is 5.75 Å². The molecule has 6 heteroatoms. The number of nitrogens with two attached hydrogens (primary N) is 2. The molecule has 0 aliphatic heterocycles. The van der Waals surface area contributed by atoms with E-state index in [1.54, 1.807) is 30.5 Å². The van der Waals surface area contributed by atoms with Gasteiger partial charge in [0.1, 0.15) is 12.4 Å². The quantitative estimate of drug-likeness (QED) is 0.856. The van der Waals surface area contributed by atoms with Gasteiger partial charge in [-0.05, 0) is 24.3 Å². The fraction of sp³-hybridized carbons (Fsp3) is 0.0909. The molecule has 0 aliphatic rings. The average Bonchev–Trinajstić information content (AvgIpc) is 2.73. The van der Waals surface area contributed by atoms with Crippen LogP contribution < -0.4 is 16.2 Å². The van der Waals surface area contributed by atoms with Crippen molar-refractivity contribution in [3.05, 3.63) is 40.9 Å². The second-order valence-electron chi connectivity index (χ2n) is 3.34. The van der Waals surface area contributed by atoms with Gasteiger partial charge in [-0.25, -0.2) is 4.98 Å². The second kappa shape index (κ2) is 4.84. The number of hydrogen-bond donors (Lipinski definition) is 2. The predicted molar refractivity (Wildman–Crippen MR) is 65.8 cm³/mol. The summed E-state index contributed by atoms with van der Waals surface area (Å²) in [6.45, 7) is 0.408. The van der Waals surface area contributed by atoms with Gasteiger partial charge in [0.15, 0.2) is 5.13 Å². The van der Waals surface area contributed by atoms with Crippen LogP contribution in [0.25, 0.3) is 0 Å². The third-order valence-electron chi connectivity index (χ3n) is 2.09. The monoisotopic (exact) mass is 249 g/mol. The van der Waals surface area contributed by atoms with Crippen LogP contribution >= 0.6 is 11.3 Å². The Hall–Kier alpha value is -2.08. The van der Waals surface area contributed by atoms with Gasteiger partial charge in [-0.15, -0.1) is 0 Å². The molecule has 1 aromatic carbocycles. The van der Waals surface area contributed by atoms with E-state index in [9.17, 15) is 4.79 Å². The largest absolute Gasteiger partial charge is 0.488 e. The Labute approximate surface area is 102 Å². The molecule has 4 N–H and O–H groups in total. The fourth-order valence-electron chi connectivity index (χ4n) is 1.26. The van der Waals surface area contributed by atoms with Gasteiger partial charge in [0, 0.05) is 11.8 Å². The van der Waals surface area contributed by atoms with Crippen molar-refractivity contribution in [2.75, 3.05) is 5.73 Å². The first-order valence-electron chi connectivity index (χ1n) is 4.88. The molecule has 2 aromatic rings. The molecule has 17 heavy (non-hydrogen) atoms. The maximum absolute atomic E-state index is 10.9. The van der Waals surface area contributed by atoms with Crippen LogP contribution in [-0.4, -0.2) is 10.9 Å². The Morgan fingerprint density at radius 2 is 2.06 bits per heavy atom. The number of carbonyl (C=O) groups excluding carboxylic acids is 1. The second-order valence-corrected chi connectivity index (χ2v) is 4.49. The molecule has 2 rings (SSSR count). The van der Waals surface area contributed by atoms with Crippen molar-refractivity contribution < 1.29 is 9.53 Å². The predicted octanol–water partition coefficient (Wildman–Crippen LogP) is 1.40. The summed E-state index contributed by atoms with van der Waals surface area (Å²) >= 11 is 1.38. The number of thiazole rings is 1. The molecule has 0 spiro atoms. The van der Waals surface area contributed by atoms with E-state index in [2.05, 4.69) is 4.98 Å². The summed E-state index contributed by atoms with van der Waals surface area (Å²) in [5, 5.41) is 0.521.